The summed E-state index contributed by atoms with van der Waals surface area (Å²) in [5.41, 5.74) is 8.25. The fourth-order valence-corrected chi connectivity index (χ4v) is 5.75. The number of fused-ring (bicyclic) bond motifs is 1. The lowest BCUT2D eigenvalue weighted by Crippen LogP contribution is -2.01. The normalized spacial score (nSPS) is 18.4. The van der Waals surface area contributed by atoms with Crippen LogP contribution in [0, 0.1) is 13.8 Å². The van der Waals surface area contributed by atoms with E-state index in [9.17, 15) is 0 Å². The predicted molar refractivity (Wildman–Crippen MR) is 119 cm³/mol. The molecule has 0 amide bonds. The van der Waals surface area contributed by atoms with Gasteiger partial charge >= 0.3 is 0 Å². The number of aryl methyl sites for hydroxylation is 2. The van der Waals surface area contributed by atoms with Crippen LogP contribution in [0.5, 0.6) is 0 Å². The number of rotatable bonds is 3. The molecule has 1 nitrogen and oxygen atoms in total. The summed E-state index contributed by atoms with van der Waals surface area (Å²) in [6.07, 6.45) is 13.0. The Labute approximate surface area is 169 Å². The predicted octanol–water partition coefficient (Wildman–Crippen LogP) is 7.83. The molecule has 0 atom stereocenters. The van der Waals surface area contributed by atoms with E-state index in [2.05, 4.69) is 50.2 Å². The summed E-state index contributed by atoms with van der Waals surface area (Å²) in [4.78, 5) is 4.89. The molecule has 1 heteroatoms. The fraction of sp³-hybridized carbons (Fsp3) is 0.444. The van der Waals surface area contributed by atoms with Crippen LogP contribution in [0.15, 0.2) is 42.6 Å². The van der Waals surface area contributed by atoms with Gasteiger partial charge in [0, 0.05) is 17.1 Å². The lowest BCUT2D eigenvalue weighted by molar-refractivity contribution is 0.705. The van der Waals surface area contributed by atoms with Crippen LogP contribution in [-0.4, -0.2) is 4.98 Å². The molecule has 0 bridgehead atoms. The molecule has 3 aromatic rings. The van der Waals surface area contributed by atoms with Crippen LogP contribution < -0.4 is 0 Å². The molecule has 2 saturated carbocycles. The summed E-state index contributed by atoms with van der Waals surface area (Å²) < 4.78 is 0. The van der Waals surface area contributed by atoms with Crippen molar-refractivity contribution in [1.29, 1.82) is 0 Å². The van der Waals surface area contributed by atoms with Gasteiger partial charge in [-0.2, -0.15) is 0 Å². The van der Waals surface area contributed by atoms with Crippen molar-refractivity contribution in [2.45, 2.75) is 77.0 Å². The van der Waals surface area contributed by atoms with E-state index in [1.807, 2.05) is 6.20 Å². The average Bonchev–Trinajstić information content (AvgIpc) is 3.40. The van der Waals surface area contributed by atoms with Crippen molar-refractivity contribution in [1.82, 2.24) is 4.98 Å². The Bertz CT molecular complexity index is 984. The van der Waals surface area contributed by atoms with Crippen molar-refractivity contribution >= 4 is 10.8 Å². The first-order chi connectivity index (χ1) is 13.7. The van der Waals surface area contributed by atoms with Crippen molar-refractivity contribution in [2.24, 2.45) is 0 Å². The summed E-state index contributed by atoms with van der Waals surface area (Å²) in [6, 6.07) is 14.2. The van der Waals surface area contributed by atoms with Crippen LogP contribution in [0.2, 0.25) is 0 Å². The maximum absolute atomic E-state index is 4.89. The van der Waals surface area contributed by atoms with Crippen molar-refractivity contribution in [2.75, 3.05) is 0 Å². The van der Waals surface area contributed by atoms with E-state index in [1.54, 1.807) is 11.1 Å². The lowest BCUT2D eigenvalue weighted by Gasteiger charge is -2.20. The summed E-state index contributed by atoms with van der Waals surface area (Å²) >= 11 is 0. The molecule has 144 valence electrons. The Hall–Kier alpha value is -2.15. The smallest absolute Gasteiger partial charge is 0.0780 e. The SMILES string of the molecule is Cc1cc(C)cc(-c2nccc3c(C4CCCC4)cc(C4CCCC4)cc23)c1. The van der Waals surface area contributed by atoms with Gasteiger partial charge in [0.25, 0.3) is 0 Å². The van der Waals surface area contributed by atoms with E-state index in [0.717, 1.165) is 11.8 Å². The van der Waals surface area contributed by atoms with Crippen molar-refractivity contribution in [3.8, 4) is 11.3 Å². The molecule has 1 heterocycles. The Morgan fingerprint density at radius 3 is 2.04 bits per heavy atom. The second kappa shape index (κ2) is 7.35. The summed E-state index contributed by atoms with van der Waals surface area (Å²) in [7, 11) is 0. The van der Waals surface area contributed by atoms with Gasteiger partial charge in [-0.15, -0.1) is 0 Å². The Kier molecular flexibility index (Phi) is 4.70. The number of hydrogen-bond donors (Lipinski definition) is 0. The monoisotopic (exact) mass is 369 g/mol. The van der Waals surface area contributed by atoms with E-state index in [-0.39, 0.29) is 0 Å². The van der Waals surface area contributed by atoms with Crippen LogP contribution in [0.4, 0.5) is 0 Å². The molecular formula is C27H31N. The number of aromatic nitrogens is 1. The van der Waals surface area contributed by atoms with Crippen LogP contribution in [-0.2, 0) is 0 Å². The van der Waals surface area contributed by atoms with Gasteiger partial charge in [0.05, 0.1) is 5.69 Å². The minimum absolute atomic E-state index is 0.735. The quantitative estimate of drug-likeness (QED) is 0.458. The molecule has 2 aliphatic carbocycles. The third-order valence-electron chi connectivity index (χ3n) is 7.05. The van der Waals surface area contributed by atoms with E-state index >= 15 is 0 Å². The second-order valence-electron chi connectivity index (χ2n) is 9.20. The standard InChI is InChI=1S/C27H31N/c1-18-13-19(2)15-23(14-18)27-26-17-22(20-7-3-4-8-20)16-25(21-9-5-6-10-21)24(26)11-12-28-27/h11-17,20-21H,3-10H2,1-2H3. The molecule has 5 rings (SSSR count). The van der Waals surface area contributed by atoms with E-state index < -0.39 is 0 Å². The summed E-state index contributed by atoms with van der Waals surface area (Å²) in [5.74, 6) is 1.48. The number of pyridine rings is 1. The first-order valence-corrected chi connectivity index (χ1v) is 11.2. The van der Waals surface area contributed by atoms with E-state index in [0.29, 0.717) is 0 Å². The van der Waals surface area contributed by atoms with Gasteiger partial charge in [-0.3, -0.25) is 4.98 Å². The highest BCUT2D eigenvalue weighted by atomic mass is 14.7. The first-order valence-electron chi connectivity index (χ1n) is 11.2. The number of hydrogen-bond acceptors (Lipinski definition) is 1. The van der Waals surface area contributed by atoms with Gasteiger partial charge in [-0.1, -0.05) is 48.9 Å². The molecular weight excluding hydrogens is 338 g/mol. The zero-order valence-corrected chi connectivity index (χ0v) is 17.3. The fourth-order valence-electron chi connectivity index (χ4n) is 5.75. The first kappa shape index (κ1) is 17.9. The molecule has 2 fully saturated rings. The van der Waals surface area contributed by atoms with Crippen molar-refractivity contribution in [3.63, 3.8) is 0 Å². The molecule has 2 aliphatic rings. The Balaban J connectivity index is 1.75. The zero-order chi connectivity index (χ0) is 19.1. The highest BCUT2D eigenvalue weighted by molar-refractivity contribution is 5.97. The molecule has 0 aliphatic heterocycles. The van der Waals surface area contributed by atoms with Crippen molar-refractivity contribution in [3.05, 3.63) is 64.8 Å². The third kappa shape index (κ3) is 3.26. The molecule has 0 unspecified atom stereocenters. The number of benzene rings is 2. The molecule has 0 saturated heterocycles. The topological polar surface area (TPSA) is 12.9 Å². The van der Waals surface area contributed by atoms with Crippen molar-refractivity contribution < 1.29 is 0 Å². The van der Waals surface area contributed by atoms with Crippen LogP contribution in [0.25, 0.3) is 22.0 Å². The van der Waals surface area contributed by atoms with Gasteiger partial charge in [0.1, 0.15) is 0 Å². The largest absolute Gasteiger partial charge is 0.256 e. The Morgan fingerprint density at radius 2 is 1.36 bits per heavy atom. The van der Waals surface area contributed by atoms with Crippen LogP contribution in [0.3, 0.4) is 0 Å². The Morgan fingerprint density at radius 1 is 0.714 bits per heavy atom. The minimum Gasteiger partial charge on any atom is -0.256 e. The number of nitrogens with zero attached hydrogens (tertiary/aromatic N) is 1. The van der Waals surface area contributed by atoms with Gasteiger partial charge < -0.3 is 0 Å². The van der Waals surface area contributed by atoms with Gasteiger partial charge in [0.2, 0.25) is 0 Å². The molecule has 28 heavy (non-hydrogen) atoms. The molecule has 2 aromatic carbocycles. The zero-order valence-electron chi connectivity index (χ0n) is 17.3. The van der Waals surface area contributed by atoms with E-state index in [1.165, 1.54) is 84.5 Å². The van der Waals surface area contributed by atoms with Gasteiger partial charge in [-0.05, 0) is 92.1 Å². The highest BCUT2D eigenvalue weighted by Crippen LogP contribution is 2.43. The maximum atomic E-state index is 4.89. The summed E-state index contributed by atoms with van der Waals surface area (Å²) in [5, 5.41) is 2.82. The average molecular weight is 370 g/mol. The minimum atomic E-state index is 0.735. The van der Waals surface area contributed by atoms with E-state index in [4.69, 9.17) is 4.98 Å². The van der Waals surface area contributed by atoms with Crippen LogP contribution in [0.1, 0.15) is 85.5 Å². The third-order valence-corrected chi connectivity index (χ3v) is 7.05. The van der Waals surface area contributed by atoms with Crippen LogP contribution >= 0.6 is 0 Å². The molecule has 0 radical (unpaired) electrons. The molecule has 0 spiro atoms. The van der Waals surface area contributed by atoms with Gasteiger partial charge in [0.15, 0.2) is 0 Å². The summed E-state index contributed by atoms with van der Waals surface area (Å²) in [6.45, 7) is 4.38. The second-order valence-corrected chi connectivity index (χ2v) is 9.20. The highest BCUT2D eigenvalue weighted by Gasteiger charge is 2.24. The molecule has 0 N–H and O–H groups in total. The lowest BCUT2D eigenvalue weighted by atomic mass is 9.85. The van der Waals surface area contributed by atoms with Gasteiger partial charge in [-0.25, -0.2) is 0 Å². The molecule has 1 aromatic heterocycles. The maximum Gasteiger partial charge on any atom is 0.0780 e.